The van der Waals surface area contributed by atoms with E-state index in [1.165, 1.54) is 9.13 Å². The molecule has 4 heterocycles. The third-order valence-electron chi connectivity index (χ3n) is 10.9. The molecule has 0 fully saturated rings. The van der Waals surface area contributed by atoms with Crippen LogP contribution in [0.4, 0.5) is 0 Å². The Bertz CT molecular complexity index is 2980. The van der Waals surface area contributed by atoms with Crippen molar-refractivity contribution in [2.24, 2.45) is 0 Å². The molecule has 236 valence electrons. The highest BCUT2D eigenvalue weighted by Crippen LogP contribution is 2.49. The summed E-state index contributed by atoms with van der Waals surface area (Å²) in [4.78, 5) is 66.7. The summed E-state index contributed by atoms with van der Waals surface area (Å²) in [6.45, 7) is 7.98. The quantitative estimate of drug-likeness (QED) is 0.132. The van der Waals surface area contributed by atoms with Crippen LogP contribution in [0.2, 0.25) is 0 Å². The van der Waals surface area contributed by atoms with Crippen molar-refractivity contribution in [1.29, 1.82) is 0 Å². The maximum atomic E-state index is 14.4. The van der Waals surface area contributed by atoms with E-state index in [4.69, 9.17) is 4.98 Å². The van der Waals surface area contributed by atoms with Gasteiger partial charge >= 0.3 is 0 Å². The average molecular weight is 633 g/mol. The summed E-state index contributed by atoms with van der Waals surface area (Å²) >= 11 is 0. The van der Waals surface area contributed by atoms with Gasteiger partial charge in [0.15, 0.2) is 0 Å². The predicted molar refractivity (Wildman–Crippen MR) is 195 cm³/mol. The van der Waals surface area contributed by atoms with Crippen molar-refractivity contribution >= 4 is 75.5 Å². The van der Waals surface area contributed by atoms with Crippen molar-refractivity contribution < 1.29 is 0 Å². The van der Waals surface area contributed by atoms with Crippen LogP contribution in [0.15, 0.2) is 80.0 Å². The van der Waals surface area contributed by atoms with Gasteiger partial charge in [-0.05, 0) is 78.2 Å². The number of hydrogen-bond acceptors (Lipinski definition) is 6. The van der Waals surface area contributed by atoms with Crippen LogP contribution in [-0.4, -0.2) is 19.1 Å². The highest BCUT2D eigenvalue weighted by atomic mass is 16.2. The summed E-state index contributed by atoms with van der Waals surface area (Å²) in [6, 6.07) is 16.5. The van der Waals surface area contributed by atoms with Gasteiger partial charge in [0.2, 0.25) is 0 Å². The molecule has 8 nitrogen and oxygen atoms in total. The zero-order valence-electron chi connectivity index (χ0n) is 27.2. The lowest BCUT2D eigenvalue weighted by Crippen LogP contribution is -2.36. The second kappa shape index (κ2) is 10.0. The summed E-state index contributed by atoms with van der Waals surface area (Å²) in [5.74, 6) is 0. The van der Waals surface area contributed by atoms with E-state index in [1.54, 1.807) is 6.20 Å². The number of benzene rings is 5. The third kappa shape index (κ3) is 3.39. The molecule has 0 unspecified atom stereocenters. The van der Waals surface area contributed by atoms with E-state index in [2.05, 4.69) is 4.98 Å². The Balaban J connectivity index is 1.61. The number of rotatable bonds is 7. The fourth-order valence-corrected chi connectivity index (χ4v) is 8.60. The van der Waals surface area contributed by atoms with Crippen LogP contribution in [0, 0.1) is 0 Å². The van der Waals surface area contributed by atoms with Crippen molar-refractivity contribution in [2.75, 3.05) is 0 Å². The summed E-state index contributed by atoms with van der Waals surface area (Å²) < 4.78 is 2.86. The van der Waals surface area contributed by atoms with Crippen LogP contribution < -0.4 is 22.2 Å². The van der Waals surface area contributed by atoms with Crippen molar-refractivity contribution in [3.8, 4) is 11.4 Å². The van der Waals surface area contributed by atoms with E-state index < -0.39 is 0 Å². The molecule has 0 spiro atoms. The Morgan fingerprint density at radius 2 is 1.00 bits per heavy atom. The van der Waals surface area contributed by atoms with Crippen LogP contribution in [0.5, 0.6) is 0 Å². The third-order valence-corrected chi connectivity index (χ3v) is 10.9. The maximum Gasteiger partial charge on any atom is 0.261 e. The lowest BCUT2D eigenvalue weighted by atomic mass is 9.83. The fourth-order valence-electron chi connectivity index (χ4n) is 8.60. The maximum absolute atomic E-state index is 14.4. The van der Waals surface area contributed by atoms with E-state index in [9.17, 15) is 19.2 Å². The molecule has 0 bridgehead atoms. The number of pyridine rings is 4. The number of fused-ring (bicyclic) bond motifs is 1. The van der Waals surface area contributed by atoms with Gasteiger partial charge in [-0.3, -0.25) is 33.3 Å². The van der Waals surface area contributed by atoms with Crippen LogP contribution in [-0.2, 0) is 0 Å². The average Bonchev–Trinajstić information content (AvgIpc) is 3.12. The van der Waals surface area contributed by atoms with Gasteiger partial charge in [0, 0.05) is 66.8 Å². The molecule has 8 heteroatoms. The fraction of sp³-hybridized carbons (Fsp3) is 0.250. The molecule has 0 aliphatic carbocycles. The van der Waals surface area contributed by atoms with Crippen molar-refractivity contribution in [1.82, 2.24) is 19.1 Å². The van der Waals surface area contributed by atoms with E-state index >= 15 is 0 Å². The zero-order chi connectivity index (χ0) is 33.2. The molecule has 0 amide bonds. The smallest absolute Gasteiger partial charge is 0.261 e. The molecule has 0 aliphatic heterocycles. The van der Waals surface area contributed by atoms with Crippen molar-refractivity contribution in [3.05, 3.63) is 102 Å². The molecule has 0 saturated carbocycles. The summed E-state index contributed by atoms with van der Waals surface area (Å²) in [5, 5.41) is 8.95. The zero-order valence-corrected chi connectivity index (χ0v) is 27.2. The normalized spacial score (nSPS) is 12.8. The number of hydrogen-bond donors (Lipinski definition) is 0. The second-order valence-corrected chi connectivity index (χ2v) is 13.1. The molecule has 0 aliphatic rings. The number of nitrogens with zero attached hydrogens (tertiary/aromatic N) is 4. The van der Waals surface area contributed by atoms with Crippen LogP contribution >= 0.6 is 0 Å². The molecule has 0 N–H and O–H groups in total. The van der Waals surface area contributed by atoms with E-state index in [0.717, 1.165) is 37.7 Å². The first-order valence-electron chi connectivity index (χ1n) is 16.9. The first-order chi connectivity index (χ1) is 23.3. The molecule has 4 aromatic heterocycles. The van der Waals surface area contributed by atoms with Crippen molar-refractivity contribution in [2.45, 2.75) is 65.5 Å². The lowest BCUT2D eigenvalue weighted by molar-refractivity contribution is 0.451. The van der Waals surface area contributed by atoms with Gasteiger partial charge in [-0.1, -0.05) is 45.9 Å². The van der Waals surface area contributed by atoms with Gasteiger partial charge < -0.3 is 0 Å². The lowest BCUT2D eigenvalue weighted by Gasteiger charge is -2.23. The van der Waals surface area contributed by atoms with E-state index in [-0.39, 0.29) is 34.3 Å². The molecule has 9 rings (SSSR count). The molecular weight excluding hydrogens is 600 g/mol. The van der Waals surface area contributed by atoms with E-state index in [0.29, 0.717) is 74.9 Å². The minimum absolute atomic E-state index is 0.220. The summed E-state index contributed by atoms with van der Waals surface area (Å²) in [6.07, 6.45) is 4.35. The topological polar surface area (TPSA) is 104 Å². The molecular formula is C40H32N4O4. The minimum atomic E-state index is -0.310. The van der Waals surface area contributed by atoms with Crippen LogP contribution in [0.25, 0.3) is 86.9 Å². The predicted octanol–water partition coefficient (Wildman–Crippen LogP) is 7.73. The Morgan fingerprint density at radius 3 is 1.52 bits per heavy atom. The Labute approximate surface area is 273 Å². The second-order valence-electron chi connectivity index (χ2n) is 13.1. The standard InChI is InChI=1S/C40H32N4O4/c1-5-19(6-2)43-37(45)23-14-12-21-22-13-15-24-31-27(40(48)44(38(24)46)20(7-3)8-4)18-29-35(33(22)31)34-25(17-26(39(43)47)30(23)32(21)34)36(42-29)28-11-9-10-16-41-28/h9-20H,5-8H2,1-4H3. The first kappa shape index (κ1) is 28.7. The number of aromatic nitrogens is 4. The Kier molecular flexibility index (Phi) is 5.98. The first-order valence-corrected chi connectivity index (χ1v) is 16.9. The van der Waals surface area contributed by atoms with Crippen LogP contribution in [0.1, 0.15) is 65.5 Å². The van der Waals surface area contributed by atoms with Gasteiger partial charge in [-0.25, -0.2) is 4.98 Å². The molecule has 5 aromatic carbocycles. The molecule has 0 saturated heterocycles. The summed E-state index contributed by atoms with van der Waals surface area (Å²) in [7, 11) is 0. The molecule has 48 heavy (non-hydrogen) atoms. The monoisotopic (exact) mass is 632 g/mol. The van der Waals surface area contributed by atoms with Crippen molar-refractivity contribution in [3.63, 3.8) is 0 Å². The highest BCUT2D eigenvalue weighted by Gasteiger charge is 2.29. The Morgan fingerprint density at radius 1 is 0.521 bits per heavy atom. The molecule has 0 atom stereocenters. The summed E-state index contributed by atoms with van der Waals surface area (Å²) in [5.41, 5.74) is 0.652. The highest BCUT2D eigenvalue weighted by molar-refractivity contribution is 6.45. The van der Waals surface area contributed by atoms with Gasteiger partial charge in [-0.15, -0.1) is 0 Å². The van der Waals surface area contributed by atoms with Gasteiger partial charge in [0.05, 0.1) is 22.3 Å². The minimum Gasteiger partial charge on any atom is -0.271 e. The SMILES string of the molecule is CCC(CC)n1c(=O)c2ccc3c4ccc5c(=O)n(C(CC)CC)c(=O)c6cc7c(-c8ccccn8)nc8cc(c1=O)c2c3c8c7c4c56. The largest absolute Gasteiger partial charge is 0.271 e. The van der Waals surface area contributed by atoms with Gasteiger partial charge in [0.1, 0.15) is 0 Å². The Hall–Kier alpha value is -5.50. The van der Waals surface area contributed by atoms with Crippen LogP contribution in [0.3, 0.4) is 0 Å². The van der Waals surface area contributed by atoms with E-state index in [1.807, 2.05) is 82.3 Å². The van der Waals surface area contributed by atoms with Gasteiger partial charge in [-0.2, -0.15) is 0 Å². The molecule has 0 radical (unpaired) electrons. The molecule has 9 aromatic rings. The van der Waals surface area contributed by atoms with Gasteiger partial charge in [0.25, 0.3) is 22.2 Å².